The number of fused-ring (bicyclic) bond motifs is 1. The van der Waals surface area contributed by atoms with Gasteiger partial charge in [-0.05, 0) is 41.5 Å². The van der Waals surface area contributed by atoms with E-state index in [1.807, 2.05) is 18.2 Å². The number of unbranched alkanes of at least 4 members (excludes halogenated alkanes) is 1. The fourth-order valence-corrected chi connectivity index (χ4v) is 3.50. The molecule has 2 heterocycles. The second kappa shape index (κ2) is 8.14. The first-order chi connectivity index (χ1) is 12.1. The molecule has 2 aromatic heterocycles. The first-order valence-corrected chi connectivity index (χ1v) is 9.62. The number of aryl methyl sites for hydroxylation is 1. The van der Waals surface area contributed by atoms with Crippen molar-refractivity contribution in [1.29, 1.82) is 0 Å². The number of nitrogens with zero attached hydrogens (tertiary/aromatic N) is 3. The highest BCUT2D eigenvalue weighted by Gasteiger charge is 2.18. The highest BCUT2D eigenvalue weighted by atomic mass is 127. The van der Waals surface area contributed by atoms with E-state index < -0.39 is 0 Å². The van der Waals surface area contributed by atoms with Gasteiger partial charge in [0.2, 0.25) is 0 Å². The molecule has 0 spiro atoms. The molecule has 2 N–H and O–H groups in total. The molecule has 0 saturated carbocycles. The molecule has 0 aliphatic rings. The molecule has 0 radical (unpaired) electrons. The lowest BCUT2D eigenvalue weighted by atomic mass is 10.2. The molecule has 5 nitrogen and oxygen atoms in total. The lowest BCUT2D eigenvalue weighted by molar-refractivity contribution is 0.0656. The number of ether oxygens (including phenoxy) is 1. The molecule has 0 saturated heterocycles. The van der Waals surface area contributed by atoms with Crippen LogP contribution in [0.25, 0.3) is 11.0 Å². The van der Waals surface area contributed by atoms with E-state index in [2.05, 4.69) is 58.1 Å². The highest BCUT2D eigenvalue weighted by molar-refractivity contribution is 14.1. The van der Waals surface area contributed by atoms with Crippen LogP contribution in [-0.4, -0.2) is 14.5 Å². The Morgan fingerprint density at radius 2 is 1.96 bits per heavy atom. The summed E-state index contributed by atoms with van der Waals surface area (Å²) < 4.78 is 9.09. The summed E-state index contributed by atoms with van der Waals surface area (Å²) in [4.78, 5) is 9.25. The second-order valence-electron chi connectivity index (χ2n) is 6.12. The number of benzene rings is 1. The zero-order valence-electron chi connectivity index (χ0n) is 14.6. The third kappa shape index (κ3) is 3.95. The van der Waals surface area contributed by atoms with E-state index in [0.717, 1.165) is 50.9 Å². The summed E-state index contributed by atoms with van der Waals surface area (Å²) >= 11 is 2.34. The smallest absolute Gasteiger partial charge is 0.151 e. The fraction of sp³-hybridized carbons (Fsp3) is 0.368. The molecule has 0 fully saturated rings. The van der Waals surface area contributed by atoms with Crippen LogP contribution in [-0.2, 0) is 24.5 Å². The summed E-state index contributed by atoms with van der Waals surface area (Å²) in [5.41, 5.74) is 10.3. The predicted molar refractivity (Wildman–Crippen MR) is 109 cm³/mol. The van der Waals surface area contributed by atoms with Gasteiger partial charge in [0.1, 0.15) is 23.6 Å². The van der Waals surface area contributed by atoms with E-state index in [9.17, 15) is 0 Å². The molecule has 1 aromatic carbocycles. The molecule has 0 aliphatic carbocycles. The standard InChI is InChI=1S/C19H23IN4O/c1-3-4-10-15-22-17-16(20)13(2)24(18(17)19(21)23-15)12-25-11-14-8-6-5-7-9-14/h5-9H,3-4,10-12H2,1-2H3,(H2,21,22,23). The van der Waals surface area contributed by atoms with Crippen LogP contribution in [0.2, 0.25) is 0 Å². The van der Waals surface area contributed by atoms with Crippen LogP contribution < -0.4 is 5.73 Å². The van der Waals surface area contributed by atoms with Gasteiger partial charge in [0.05, 0.1) is 10.2 Å². The van der Waals surface area contributed by atoms with E-state index in [1.54, 1.807) is 0 Å². The number of hydrogen-bond acceptors (Lipinski definition) is 4. The first kappa shape index (κ1) is 18.1. The minimum Gasteiger partial charge on any atom is -0.382 e. The Kier molecular flexibility index (Phi) is 5.90. The van der Waals surface area contributed by atoms with Crippen LogP contribution in [0.1, 0.15) is 36.8 Å². The largest absolute Gasteiger partial charge is 0.382 e. The maximum atomic E-state index is 6.26. The highest BCUT2D eigenvalue weighted by Crippen LogP contribution is 2.29. The third-order valence-corrected chi connectivity index (χ3v) is 5.54. The number of hydrogen-bond donors (Lipinski definition) is 1. The van der Waals surface area contributed by atoms with Crippen LogP contribution >= 0.6 is 22.6 Å². The Morgan fingerprint density at radius 1 is 1.20 bits per heavy atom. The van der Waals surface area contributed by atoms with Crippen molar-refractivity contribution < 1.29 is 4.74 Å². The molecular formula is C19H23IN4O. The average Bonchev–Trinajstić information content (AvgIpc) is 2.86. The zero-order chi connectivity index (χ0) is 17.8. The lowest BCUT2D eigenvalue weighted by Gasteiger charge is -2.11. The summed E-state index contributed by atoms with van der Waals surface area (Å²) in [6.07, 6.45) is 3.05. The summed E-state index contributed by atoms with van der Waals surface area (Å²) in [5, 5.41) is 0. The predicted octanol–water partition coefficient (Wildman–Crippen LogP) is 4.44. The summed E-state index contributed by atoms with van der Waals surface area (Å²) in [7, 11) is 0. The number of anilines is 1. The Bertz CT molecular complexity index is 861. The van der Waals surface area contributed by atoms with Gasteiger partial charge in [0.15, 0.2) is 5.82 Å². The van der Waals surface area contributed by atoms with Gasteiger partial charge in [-0.25, -0.2) is 9.97 Å². The quantitative estimate of drug-likeness (QED) is 0.541. The molecule has 6 heteroatoms. The Labute approximate surface area is 161 Å². The van der Waals surface area contributed by atoms with Gasteiger partial charge >= 0.3 is 0 Å². The average molecular weight is 450 g/mol. The molecule has 0 atom stereocenters. The van der Waals surface area contributed by atoms with Gasteiger partial charge in [-0.3, -0.25) is 0 Å². The van der Waals surface area contributed by atoms with Crippen molar-refractivity contribution in [3.05, 3.63) is 51.0 Å². The Morgan fingerprint density at radius 3 is 2.68 bits per heavy atom. The van der Waals surface area contributed by atoms with E-state index in [0.29, 0.717) is 19.2 Å². The third-order valence-electron chi connectivity index (χ3n) is 4.24. The molecule has 3 aromatic rings. The molecule has 25 heavy (non-hydrogen) atoms. The second-order valence-corrected chi connectivity index (χ2v) is 7.20. The molecule has 0 aliphatic heterocycles. The first-order valence-electron chi connectivity index (χ1n) is 8.54. The van der Waals surface area contributed by atoms with E-state index in [-0.39, 0.29) is 0 Å². The number of rotatable bonds is 7. The van der Waals surface area contributed by atoms with Gasteiger partial charge < -0.3 is 15.0 Å². The molecule has 3 rings (SSSR count). The van der Waals surface area contributed by atoms with Gasteiger partial charge in [0.25, 0.3) is 0 Å². The van der Waals surface area contributed by atoms with Crippen LogP contribution in [0.3, 0.4) is 0 Å². The maximum absolute atomic E-state index is 6.26. The van der Waals surface area contributed by atoms with Gasteiger partial charge in [0, 0.05) is 12.1 Å². The summed E-state index contributed by atoms with van der Waals surface area (Å²) in [6.45, 7) is 5.23. The van der Waals surface area contributed by atoms with Crippen LogP contribution in [0.4, 0.5) is 5.82 Å². The van der Waals surface area contributed by atoms with Crippen molar-refractivity contribution in [2.45, 2.75) is 46.4 Å². The Balaban J connectivity index is 1.86. The number of nitrogens with two attached hydrogens (primary N) is 1. The molecular weight excluding hydrogens is 427 g/mol. The minimum atomic E-state index is 0.433. The van der Waals surface area contributed by atoms with Crippen LogP contribution in [0, 0.1) is 10.5 Å². The molecule has 132 valence electrons. The minimum absolute atomic E-state index is 0.433. The summed E-state index contributed by atoms with van der Waals surface area (Å²) in [6, 6.07) is 10.1. The molecule has 0 amide bonds. The van der Waals surface area contributed by atoms with Crippen molar-refractivity contribution in [2.75, 3.05) is 5.73 Å². The number of aromatic nitrogens is 3. The SMILES string of the molecule is CCCCc1nc(N)c2c(n1)c(I)c(C)n2COCc1ccccc1. The maximum Gasteiger partial charge on any atom is 0.151 e. The van der Waals surface area contributed by atoms with E-state index in [4.69, 9.17) is 15.5 Å². The topological polar surface area (TPSA) is 66.0 Å². The molecule has 0 bridgehead atoms. The number of nitrogen functional groups attached to an aromatic ring is 1. The normalized spacial score (nSPS) is 11.3. The van der Waals surface area contributed by atoms with Crippen LogP contribution in [0.15, 0.2) is 30.3 Å². The van der Waals surface area contributed by atoms with Gasteiger partial charge in [-0.2, -0.15) is 0 Å². The van der Waals surface area contributed by atoms with Crippen molar-refractivity contribution in [3.63, 3.8) is 0 Å². The fourth-order valence-electron chi connectivity index (χ4n) is 2.83. The number of halogens is 1. The summed E-state index contributed by atoms with van der Waals surface area (Å²) in [5.74, 6) is 1.36. The van der Waals surface area contributed by atoms with E-state index >= 15 is 0 Å². The van der Waals surface area contributed by atoms with Gasteiger partial charge in [-0.15, -0.1) is 0 Å². The monoisotopic (exact) mass is 450 g/mol. The van der Waals surface area contributed by atoms with Crippen LogP contribution in [0.5, 0.6) is 0 Å². The molecule has 0 unspecified atom stereocenters. The zero-order valence-corrected chi connectivity index (χ0v) is 16.8. The van der Waals surface area contributed by atoms with Crippen molar-refractivity contribution in [3.8, 4) is 0 Å². The lowest BCUT2D eigenvalue weighted by Crippen LogP contribution is -2.08. The van der Waals surface area contributed by atoms with E-state index in [1.165, 1.54) is 0 Å². The van der Waals surface area contributed by atoms with Gasteiger partial charge in [-0.1, -0.05) is 43.7 Å². The van der Waals surface area contributed by atoms with Crippen molar-refractivity contribution >= 4 is 39.4 Å². The van der Waals surface area contributed by atoms with Crippen molar-refractivity contribution in [2.24, 2.45) is 0 Å². The Hall–Kier alpha value is -1.67. The van der Waals surface area contributed by atoms with Crippen molar-refractivity contribution in [1.82, 2.24) is 14.5 Å².